The van der Waals surface area contributed by atoms with Crippen LogP contribution in [0, 0.1) is 0 Å². The van der Waals surface area contributed by atoms with Crippen LogP contribution < -0.4 is 5.32 Å². The van der Waals surface area contributed by atoms with Gasteiger partial charge >= 0.3 is 0 Å². The summed E-state index contributed by atoms with van der Waals surface area (Å²) in [4.78, 5) is 15.8. The molecule has 2 heterocycles. The zero-order valence-corrected chi connectivity index (χ0v) is 13.5. The maximum Gasteiger partial charge on any atom is 0.231 e. The molecule has 24 heavy (non-hydrogen) atoms. The molecule has 4 rings (SSSR count). The monoisotopic (exact) mass is 339 g/mol. The Bertz CT molecular complexity index is 903. The third-order valence-corrected chi connectivity index (χ3v) is 4.19. The van der Waals surface area contributed by atoms with E-state index in [0.29, 0.717) is 36.0 Å². The van der Waals surface area contributed by atoms with Crippen LogP contribution in [0.25, 0.3) is 0 Å². The molecule has 1 aliphatic heterocycles. The fourth-order valence-corrected chi connectivity index (χ4v) is 2.89. The van der Waals surface area contributed by atoms with Crippen molar-refractivity contribution in [3.63, 3.8) is 0 Å². The largest absolute Gasteiger partial charge is 0.339 e. The number of amides is 1. The zero-order valence-electron chi connectivity index (χ0n) is 12.8. The highest BCUT2D eigenvalue weighted by Crippen LogP contribution is 2.25. The Morgan fingerprint density at radius 3 is 2.71 bits per heavy atom. The van der Waals surface area contributed by atoms with Gasteiger partial charge in [-0.1, -0.05) is 41.0 Å². The van der Waals surface area contributed by atoms with Crippen LogP contribution in [0.1, 0.15) is 28.4 Å². The van der Waals surface area contributed by atoms with Gasteiger partial charge < -0.3 is 9.84 Å². The maximum atomic E-state index is 11.4. The van der Waals surface area contributed by atoms with Crippen LogP contribution in [0.2, 0.25) is 5.02 Å². The van der Waals surface area contributed by atoms with Gasteiger partial charge in [-0.3, -0.25) is 4.79 Å². The first kappa shape index (κ1) is 14.9. The Hall–Kier alpha value is -2.66. The van der Waals surface area contributed by atoms with Crippen molar-refractivity contribution in [1.82, 2.24) is 10.1 Å². The lowest BCUT2D eigenvalue weighted by molar-refractivity contribution is -0.115. The van der Waals surface area contributed by atoms with E-state index >= 15 is 0 Å². The fraction of sp³-hybridized carbons (Fsp3) is 0.167. The first-order valence-corrected chi connectivity index (χ1v) is 8.01. The van der Waals surface area contributed by atoms with Gasteiger partial charge in [0.1, 0.15) is 0 Å². The standard InChI is InChI=1S/C18H14ClN3O2/c19-14-5-2-11(3-6-14)8-16-21-18(24-22-16)9-12-1-4-13-10-17(23)20-15(13)7-12/h1-7H,8-10H2,(H,20,23). The van der Waals surface area contributed by atoms with Crippen LogP contribution >= 0.6 is 11.6 Å². The molecule has 0 saturated carbocycles. The summed E-state index contributed by atoms with van der Waals surface area (Å²) in [5, 5.41) is 7.58. The molecule has 1 N–H and O–H groups in total. The number of hydrogen-bond acceptors (Lipinski definition) is 4. The van der Waals surface area contributed by atoms with Crippen molar-refractivity contribution in [1.29, 1.82) is 0 Å². The summed E-state index contributed by atoms with van der Waals surface area (Å²) in [6.45, 7) is 0. The van der Waals surface area contributed by atoms with E-state index in [-0.39, 0.29) is 5.91 Å². The second kappa shape index (κ2) is 6.09. The Balaban J connectivity index is 1.46. The molecule has 0 aliphatic carbocycles. The van der Waals surface area contributed by atoms with Crippen LogP contribution in [-0.4, -0.2) is 16.0 Å². The topological polar surface area (TPSA) is 68.0 Å². The average molecular weight is 340 g/mol. The second-order valence-electron chi connectivity index (χ2n) is 5.80. The molecule has 0 fully saturated rings. The highest BCUT2D eigenvalue weighted by Gasteiger charge is 2.18. The van der Waals surface area contributed by atoms with E-state index in [1.165, 1.54) is 0 Å². The van der Waals surface area contributed by atoms with E-state index in [9.17, 15) is 4.79 Å². The lowest BCUT2D eigenvalue weighted by Gasteiger charge is -2.01. The molecule has 120 valence electrons. The van der Waals surface area contributed by atoms with Gasteiger partial charge in [-0.15, -0.1) is 0 Å². The fourth-order valence-electron chi connectivity index (χ4n) is 2.76. The smallest absolute Gasteiger partial charge is 0.231 e. The third-order valence-electron chi connectivity index (χ3n) is 3.94. The van der Waals surface area contributed by atoms with Crippen molar-refractivity contribution >= 4 is 23.2 Å². The van der Waals surface area contributed by atoms with Gasteiger partial charge in [-0.2, -0.15) is 4.98 Å². The molecule has 0 radical (unpaired) electrons. The molecular formula is C18H14ClN3O2. The molecule has 0 spiro atoms. The lowest BCUT2D eigenvalue weighted by atomic mass is 10.1. The van der Waals surface area contributed by atoms with E-state index in [0.717, 1.165) is 22.4 Å². The lowest BCUT2D eigenvalue weighted by Crippen LogP contribution is -2.03. The molecular weight excluding hydrogens is 326 g/mol. The molecule has 1 aromatic heterocycles. The summed E-state index contributed by atoms with van der Waals surface area (Å²) >= 11 is 5.88. The minimum atomic E-state index is 0.0326. The van der Waals surface area contributed by atoms with Crippen LogP contribution in [0.5, 0.6) is 0 Å². The van der Waals surface area contributed by atoms with Crippen molar-refractivity contribution in [2.45, 2.75) is 19.3 Å². The summed E-state index contributed by atoms with van der Waals surface area (Å²) in [6.07, 6.45) is 1.58. The van der Waals surface area contributed by atoms with Gasteiger partial charge in [-0.05, 0) is 34.9 Å². The van der Waals surface area contributed by atoms with E-state index in [4.69, 9.17) is 16.1 Å². The van der Waals surface area contributed by atoms with Crippen molar-refractivity contribution in [2.24, 2.45) is 0 Å². The summed E-state index contributed by atoms with van der Waals surface area (Å²) < 4.78 is 5.33. The predicted molar refractivity (Wildman–Crippen MR) is 90.1 cm³/mol. The normalized spacial score (nSPS) is 13.0. The van der Waals surface area contributed by atoms with Gasteiger partial charge in [0.05, 0.1) is 12.8 Å². The van der Waals surface area contributed by atoms with E-state index < -0.39 is 0 Å². The number of aromatic nitrogens is 2. The first-order valence-electron chi connectivity index (χ1n) is 7.63. The number of halogens is 1. The third kappa shape index (κ3) is 3.16. The van der Waals surface area contributed by atoms with E-state index in [1.54, 1.807) is 0 Å². The Morgan fingerprint density at radius 2 is 1.88 bits per heavy atom. The summed E-state index contributed by atoms with van der Waals surface area (Å²) in [7, 11) is 0. The predicted octanol–water partition coefficient (Wildman–Crippen LogP) is 3.40. The molecule has 1 amide bonds. The van der Waals surface area contributed by atoms with Gasteiger partial charge in [-0.25, -0.2) is 0 Å². The van der Waals surface area contributed by atoms with Crippen molar-refractivity contribution < 1.29 is 9.32 Å². The zero-order chi connectivity index (χ0) is 16.5. The number of benzene rings is 2. The Morgan fingerprint density at radius 1 is 1.08 bits per heavy atom. The molecule has 5 nitrogen and oxygen atoms in total. The number of nitrogens with one attached hydrogen (secondary N) is 1. The SMILES string of the molecule is O=C1Cc2ccc(Cc3nc(Cc4ccc(Cl)cc4)no3)cc2N1. The number of anilines is 1. The van der Waals surface area contributed by atoms with Crippen molar-refractivity contribution in [2.75, 3.05) is 5.32 Å². The summed E-state index contributed by atoms with van der Waals surface area (Å²) in [5.41, 5.74) is 4.00. The maximum absolute atomic E-state index is 11.4. The molecule has 0 bridgehead atoms. The number of carbonyl (C=O) groups is 1. The summed E-state index contributed by atoms with van der Waals surface area (Å²) in [5.74, 6) is 1.23. The van der Waals surface area contributed by atoms with Gasteiger partial charge in [0.15, 0.2) is 5.82 Å². The molecule has 6 heteroatoms. The summed E-state index contributed by atoms with van der Waals surface area (Å²) in [6, 6.07) is 13.5. The molecule has 3 aromatic rings. The van der Waals surface area contributed by atoms with Gasteiger partial charge in [0, 0.05) is 17.1 Å². The molecule has 0 atom stereocenters. The quantitative estimate of drug-likeness (QED) is 0.791. The van der Waals surface area contributed by atoms with Crippen LogP contribution in [-0.2, 0) is 24.1 Å². The van der Waals surface area contributed by atoms with Gasteiger partial charge in [0.25, 0.3) is 0 Å². The highest BCUT2D eigenvalue weighted by molar-refractivity contribution is 6.30. The molecule has 0 saturated heterocycles. The van der Waals surface area contributed by atoms with Crippen LogP contribution in [0.4, 0.5) is 5.69 Å². The number of hydrogen-bond donors (Lipinski definition) is 1. The highest BCUT2D eigenvalue weighted by atomic mass is 35.5. The van der Waals surface area contributed by atoms with E-state index in [2.05, 4.69) is 15.5 Å². The molecule has 0 unspecified atom stereocenters. The Kier molecular flexibility index (Phi) is 3.78. The molecule has 1 aliphatic rings. The van der Waals surface area contributed by atoms with Crippen LogP contribution in [0.3, 0.4) is 0 Å². The number of fused-ring (bicyclic) bond motifs is 1. The number of carbonyl (C=O) groups excluding carboxylic acids is 1. The minimum Gasteiger partial charge on any atom is -0.339 e. The van der Waals surface area contributed by atoms with Crippen molar-refractivity contribution in [3.05, 3.63) is 75.9 Å². The average Bonchev–Trinajstić information content (AvgIpc) is 3.14. The van der Waals surface area contributed by atoms with E-state index in [1.807, 2.05) is 42.5 Å². The second-order valence-corrected chi connectivity index (χ2v) is 6.24. The van der Waals surface area contributed by atoms with Crippen molar-refractivity contribution in [3.8, 4) is 0 Å². The number of nitrogens with zero attached hydrogens (tertiary/aromatic N) is 2. The Labute approximate surface area is 143 Å². The van der Waals surface area contributed by atoms with Gasteiger partial charge in [0.2, 0.25) is 11.8 Å². The molecule has 2 aromatic carbocycles. The minimum absolute atomic E-state index is 0.0326. The van der Waals surface area contributed by atoms with Crippen LogP contribution in [0.15, 0.2) is 47.0 Å². The number of rotatable bonds is 4. The first-order chi connectivity index (χ1) is 11.7.